The largest absolute Gasteiger partial charge is 0.497 e. The van der Waals surface area contributed by atoms with Crippen LogP contribution in [0.5, 0.6) is 5.75 Å². The van der Waals surface area contributed by atoms with Crippen LogP contribution < -0.4 is 14.5 Å². The molecule has 3 heterocycles. The summed E-state index contributed by atoms with van der Waals surface area (Å²) in [5.41, 5.74) is 5.09. The highest BCUT2D eigenvalue weighted by Gasteiger charge is 2.31. The highest BCUT2D eigenvalue weighted by molar-refractivity contribution is 7.17. The third kappa shape index (κ3) is 4.34. The van der Waals surface area contributed by atoms with E-state index in [2.05, 4.69) is 88.1 Å². The smallest absolute Gasteiger partial charge is 0.141 e. The topological polar surface area (TPSA) is 42.7 Å². The van der Waals surface area contributed by atoms with Gasteiger partial charge in [-0.1, -0.05) is 72.8 Å². The average molecular weight is 494 g/mol. The van der Waals surface area contributed by atoms with Gasteiger partial charge in [0.15, 0.2) is 0 Å². The van der Waals surface area contributed by atoms with Crippen LogP contribution in [0.15, 0.2) is 96.6 Å². The summed E-state index contributed by atoms with van der Waals surface area (Å²) in [6.45, 7) is 3.99. The standard InChI is InChI=1S/C30H28N4OS/c1-35-25-14-12-22(13-15-25)26-20-36-30-27(26)29(31-21-32-30)34-18-16-33(17-19-34)28(23-8-4-2-5-9-23)24-10-6-3-7-11-24/h2-15,20-21,28H,16-19H2,1H3/p+1. The monoisotopic (exact) mass is 493 g/mol. The van der Waals surface area contributed by atoms with Crippen LogP contribution in [0.2, 0.25) is 0 Å². The molecular formula is C30H29N4OS+. The Kier molecular flexibility index (Phi) is 6.36. The van der Waals surface area contributed by atoms with Crippen molar-refractivity contribution in [3.63, 3.8) is 0 Å². The van der Waals surface area contributed by atoms with Gasteiger partial charge in [-0.05, 0) is 17.7 Å². The van der Waals surface area contributed by atoms with Gasteiger partial charge < -0.3 is 14.5 Å². The van der Waals surface area contributed by atoms with Crippen LogP contribution in [0.3, 0.4) is 0 Å². The van der Waals surface area contributed by atoms with Gasteiger partial charge in [-0.15, -0.1) is 11.3 Å². The summed E-state index contributed by atoms with van der Waals surface area (Å²) in [6.07, 6.45) is 1.71. The molecule has 1 aliphatic heterocycles. The van der Waals surface area contributed by atoms with E-state index >= 15 is 0 Å². The van der Waals surface area contributed by atoms with Crippen LogP contribution in [0.25, 0.3) is 21.3 Å². The Morgan fingerprint density at radius 1 is 0.833 bits per heavy atom. The molecule has 0 saturated carbocycles. The number of quaternary nitrogens is 1. The van der Waals surface area contributed by atoms with Crippen molar-refractivity contribution in [2.75, 3.05) is 38.2 Å². The second kappa shape index (κ2) is 10.1. The van der Waals surface area contributed by atoms with E-state index in [9.17, 15) is 0 Å². The first-order valence-electron chi connectivity index (χ1n) is 12.4. The summed E-state index contributed by atoms with van der Waals surface area (Å²) in [5, 5.41) is 3.35. The van der Waals surface area contributed by atoms with Gasteiger partial charge in [0, 0.05) is 22.1 Å². The molecule has 36 heavy (non-hydrogen) atoms. The van der Waals surface area contributed by atoms with Gasteiger partial charge in [-0.2, -0.15) is 0 Å². The van der Waals surface area contributed by atoms with Gasteiger partial charge in [0.2, 0.25) is 0 Å². The van der Waals surface area contributed by atoms with Crippen LogP contribution in [0.4, 0.5) is 5.82 Å². The van der Waals surface area contributed by atoms with Gasteiger partial charge in [-0.25, -0.2) is 9.97 Å². The van der Waals surface area contributed by atoms with Crippen LogP contribution in [0, 0.1) is 0 Å². The summed E-state index contributed by atoms with van der Waals surface area (Å²) < 4.78 is 5.35. The fourth-order valence-electron chi connectivity index (χ4n) is 5.33. The molecule has 1 fully saturated rings. The van der Waals surface area contributed by atoms with Gasteiger partial charge in [0.05, 0.1) is 38.7 Å². The zero-order valence-corrected chi connectivity index (χ0v) is 21.1. The second-order valence-corrected chi connectivity index (χ2v) is 10.0. The highest BCUT2D eigenvalue weighted by Crippen LogP contribution is 2.38. The van der Waals surface area contributed by atoms with E-state index in [-0.39, 0.29) is 0 Å². The first-order chi connectivity index (χ1) is 17.8. The molecule has 2 aromatic heterocycles. The minimum atomic E-state index is 0.330. The van der Waals surface area contributed by atoms with Crippen LogP contribution in [-0.2, 0) is 0 Å². The van der Waals surface area contributed by atoms with Crippen molar-refractivity contribution in [2.45, 2.75) is 6.04 Å². The van der Waals surface area contributed by atoms with Crippen molar-refractivity contribution in [2.24, 2.45) is 0 Å². The normalized spacial score (nSPS) is 14.4. The molecule has 5 aromatic rings. The molecule has 0 aliphatic carbocycles. The minimum absolute atomic E-state index is 0.330. The molecule has 0 spiro atoms. The molecule has 6 rings (SSSR count). The number of hydrogen-bond donors (Lipinski definition) is 1. The van der Waals surface area contributed by atoms with E-state index in [0.717, 1.165) is 53.5 Å². The lowest BCUT2D eigenvalue weighted by Gasteiger charge is -2.37. The predicted octanol–water partition coefficient (Wildman–Crippen LogP) is 4.86. The Labute approximate surface area is 215 Å². The molecule has 1 N–H and O–H groups in total. The average Bonchev–Trinajstić information content (AvgIpc) is 3.39. The van der Waals surface area contributed by atoms with E-state index in [0.29, 0.717) is 6.04 Å². The van der Waals surface area contributed by atoms with Crippen molar-refractivity contribution in [3.8, 4) is 16.9 Å². The lowest BCUT2D eigenvalue weighted by atomic mass is 9.96. The van der Waals surface area contributed by atoms with Gasteiger partial charge in [-0.3, -0.25) is 0 Å². The molecule has 180 valence electrons. The fourth-order valence-corrected chi connectivity index (χ4v) is 6.24. The molecular weight excluding hydrogens is 464 g/mol. The predicted molar refractivity (Wildman–Crippen MR) is 147 cm³/mol. The second-order valence-electron chi connectivity index (χ2n) is 9.15. The molecule has 5 nitrogen and oxygen atoms in total. The van der Waals surface area contributed by atoms with Crippen molar-refractivity contribution in [1.82, 2.24) is 9.97 Å². The van der Waals surface area contributed by atoms with Crippen LogP contribution in [0.1, 0.15) is 17.2 Å². The zero-order valence-electron chi connectivity index (χ0n) is 20.3. The number of piperazine rings is 1. The first kappa shape index (κ1) is 22.7. The number of thiophene rings is 1. The van der Waals surface area contributed by atoms with E-state index in [1.165, 1.54) is 16.7 Å². The number of anilines is 1. The molecule has 0 atom stereocenters. The summed E-state index contributed by atoms with van der Waals surface area (Å²) in [6, 6.07) is 30.4. The number of aromatic nitrogens is 2. The van der Waals surface area contributed by atoms with Crippen molar-refractivity contribution in [3.05, 3.63) is 108 Å². The Bertz CT molecular complexity index is 1390. The molecule has 6 heteroatoms. The maximum absolute atomic E-state index is 5.35. The Hall–Kier alpha value is -3.74. The summed E-state index contributed by atoms with van der Waals surface area (Å²) in [7, 11) is 1.70. The maximum Gasteiger partial charge on any atom is 0.141 e. The number of hydrogen-bond acceptors (Lipinski definition) is 5. The lowest BCUT2D eigenvalue weighted by molar-refractivity contribution is -0.926. The molecule has 1 saturated heterocycles. The lowest BCUT2D eigenvalue weighted by Crippen LogP contribution is -3.15. The highest BCUT2D eigenvalue weighted by atomic mass is 32.1. The van der Waals surface area contributed by atoms with Gasteiger partial charge in [0.25, 0.3) is 0 Å². The number of nitrogens with zero attached hydrogens (tertiary/aromatic N) is 3. The maximum atomic E-state index is 5.35. The molecule has 1 aliphatic rings. The minimum Gasteiger partial charge on any atom is -0.497 e. The Morgan fingerprint density at radius 2 is 1.47 bits per heavy atom. The quantitative estimate of drug-likeness (QED) is 0.367. The SMILES string of the molecule is COc1ccc(-c2csc3ncnc(N4CC[NH+](C(c5ccccc5)c5ccccc5)CC4)c23)cc1. The van der Waals surface area contributed by atoms with E-state index in [4.69, 9.17) is 9.72 Å². The molecule has 0 amide bonds. The van der Waals surface area contributed by atoms with Crippen LogP contribution in [-0.4, -0.2) is 43.3 Å². The number of benzene rings is 3. The first-order valence-corrected chi connectivity index (χ1v) is 13.3. The van der Waals surface area contributed by atoms with Crippen LogP contribution >= 0.6 is 11.3 Å². The number of rotatable bonds is 6. The molecule has 0 unspecified atom stereocenters. The summed E-state index contributed by atoms with van der Waals surface area (Å²) >= 11 is 1.68. The van der Waals surface area contributed by atoms with Crippen molar-refractivity contribution < 1.29 is 9.64 Å². The van der Waals surface area contributed by atoms with Gasteiger partial charge >= 0.3 is 0 Å². The van der Waals surface area contributed by atoms with E-state index in [1.807, 2.05) is 12.1 Å². The van der Waals surface area contributed by atoms with E-state index in [1.54, 1.807) is 29.7 Å². The van der Waals surface area contributed by atoms with E-state index < -0.39 is 0 Å². The molecule has 0 bridgehead atoms. The number of fused-ring (bicyclic) bond motifs is 1. The third-order valence-corrected chi connectivity index (χ3v) is 8.02. The summed E-state index contributed by atoms with van der Waals surface area (Å²) in [5.74, 6) is 1.90. The summed E-state index contributed by atoms with van der Waals surface area (Å²) in [4.78, 5) is 14.5. The number of ether oxygens (including phenoxy) is 1. The third-order valence-electron chi connectivity index (χ3n) is 7.13. The van der Waals surface area contributed by atoms with Crippen molar-refractivity contribution in [1.29, 1.82) is 0 Å². The van der Waals surface area contributed by atoms with Gasteiger partial charge in [0.1, 0.15) is 28.8 Å². The number of nitrogens with one attached hydrogen (secondary N) is 1. The number of methoxy groups -OCH3 is 1. The van der Waals surface area contributed by atoms with Crippen molar-refractivity contribution >= 4 is 27.4 Å². The Morgan fingerprint density at radius 3 is 2.08 bits per heavy atom. The molecule has 0 radical (unpaired) electrons. The Balaban J connectivity index is 1.29. The molecule has 3 aromatic carbocycles. The fraction of sp³-hybridized carbons (Fsp3) is 0.200. The zero-order chi connectivity index (χ0) is 24.3.